The Kier molecular flexibility index (Phi) is 4.65. The number of carbonyl (C=O) groups is 1. The van der Waals surface area contributed by atoms with E-state index in [1.165, 1.54) is 0 Å². The van der Waals surface area contributed by atoms with E-state index in [-0.39, 0.29) is 12.2 Å². The van der Waals surface area contributed by atoms with Crippen molar-refractivity contribution in [3.63, 3.8) is 0 Å². The third kappa shape index (κ3) is 3.16. The van der Waals surface area contributed by atoms with Crippen molar-refractivity contribution < 1.29 is 9.53 Å². The fraction of sp³-hybridized carbons (Fsp3) is 0.174. The summed E-state index contributed by atoms with van der Waals surface area (Å²) in [6.07, 6.45) is 0. The molecule has 4 aromatic rings. The predicted octanol–water partition coefficient (Wildman–Crippen LogP) is 4.24. The van der Waals surface area contributed by atoms with Gasteiger partial charge in [-0.25, -0.2) is 9.78 Å². The molecule has 1 aromatic heterocycles. The smallest absolute Gasteiger partial charge is 0.338 e. The highest BCUT2D eigenvalue weighted by molar-refractivity contribution is 5.94. The second kappa shape index (κ2) is 7.27. The summed E-state index contributed by atoms with van der Waals surface area (Å²) in [5.74, 6) is -0.413. The van der Waals surface area contributed by atoms with Crippen LogP contribution < -0.4 is 5.56 Å². The van der Waals surface area contributed by atoms with Gasteiger partial charge in [-0.3, -0.25) is 4.79 Å². The maximum atomic E-state index is 12.6. The Morgan fingerprint density at radius 2 is 1.86 bits per heavy atom. The van der Waals surface area contributed by atoms with Crippen LogP contribution in [0.2, 0.25) is 0 Å². The summed E-state index contributed by atoms with van der Waals surface area (Å²) in [5, 5.41) is 2.18. The summed E-state index contributed by atoms with van der Waals surface area (Å²) in [6.45, 7) is 4.33. The maximum Gasteiger partial charge on any atom is 0.338 e. The third-order valence-electron chi connectivity index (χ3n) is 4.90. The lowest BCUT2D eigenvalue weighted by atomic mass is 10.1. The highest BCUT2D eigenvalue weighted by Gasteiger charge is 2.13. The highest BCUT2D eigenvalue weighted by Crippen LogP contribution is 2.20. The number of hydrogen-bond donors (Lipinski definition) is 0. The number of hydrogen-bond acceptors (Lipinski definition) is 4. The monoisotopic (exact) mass is 372 g/mol. The van der Waals surface area contributed by atoms with Crippen LogP contribution >= 0.6 is 0 Å². The number of esters is 1. The van der Waals surface area contributed by atoms with E-state index in [1.807, 2.05) is 49.4 Å². The number of rotatable bonds is 4. The Hall–Kier alpha value is -3.47. The van der Waals surface area contributed by atoms with Crippen LogP contribution in [0.1, 0.15) is 28.5 Å². The molecule has 4 rings (SSSR count). The van der Waals surface area contributed by atoms with Crippen molar-refractivity contribution in [2.75, 3.05) is 0 Å². The Morgan fingerprint density at radius 3 is 2.68 bits per heavy atom. The molecule has 28 heavy (non-hydrogen) atoms. The average Bonchev–Trinajstić information content (AvgIpc) is 2.72. The zero-order valence-electron chi connectivity index (χ0n) is 15.8. The van der Waals surface area contributed by atoms with Gasteiger partial charge in [0, 0.05) is 6.54 Å². The molecule has 0 aliphatic carbocycles. The first-order valence-electron chi connectivity index (χ1n) is 9.23. The summed E-state index contributed by atoms with van der Waals surface area (Å²) in [7, 11) is 0. The number of fused-ring (bicyclic) bond motifs is 2. The van der Waals surface area contributed by atoms with Crippen LogP contribution in [0, 0.1) is 6.92 Å². The van der Waals surface area contributed by atoms with E-state index in [1.54, 1.807) is 29.7 Å². The lowest BCUT2D eigenvalue weighted by Gasteiger charge is -2.11. The van der Waals surface area contributed by atoms with Crippen molar-refractivity contribution in [2.24, 2.45) is 0 Å². The highest BCUT2D eigenvalue weighted by atomic mass is 16.5. The minimum Gasteiger partial charge on any atom is -0.457 e. The topological polar surface area (TPSA) is 61.2 Å². The summed E-state index contributed by atoms with van der Waals surface area (Å²) in [5.41, 5.74) is 3.00. The van der Waals surface area contributed by atoms with Crippen molar-refractivity contribution >= 4 is 27.8 Å². The van der Waals surface area contributed by atoms with Crippen LogP contribution in [0.5, 0.6) is 0 Å². The van der Waals surface area contributed by atoms with Gasteiger partial charge in [0.05, 0.1) is 16.6 Å². The molecular weight excluding hydrogens is 352 g/mol. The molecule has 0 bridgehead atoms. The molecule has 0 atom stereocenters. The minimum absolute atomic E-state index is 0.110. The van der Waals surface area contributed by atoms with Crippen LogP contribution in [-0.4, -0.2) is 15.5 Å². The molecule has 0 unspecified atom stereocenters. The van der Waals surface area contributed by atoms with Gasteiger partial charge in [0.1, 0.15) is 12.3 Å². The zero-order valence-corrected chi connectivity index (χ0v) is 15.8. The molecule has 0 saturated heterocycles. The summed E-state index contributed by atoms with van der Waals surface area (Å²) in [6, 6.07) is 19.1. The largest absolute Gasteiger partial charge is 0.457 e. The lowest BCUT2D eigenvalue weighted by Crippen LogP contribution is -2.23. The Labute approximate surface area is 162 Å². The molecule has 140 valence electrons. The lowest BCUT2D eigenvalue weighted by molar-refractivity contribution is 0.0474. The van der Waals surface area contributed by atoms with E-state index < -0.39 is 5.97 Å². The van der Waals surface area contributed by atoms with E-state index in [2.05, 4.69) is 4.98 Å². The molecule has 0 radical (unpaired) electrons. The zero-order chi connectivity index (χ0) is 19.7. The maximum absolute atomic E-state index is 12.6. The second-order valence-corrected chi connectivity index (χ2v) is 6.66. The molecule has 0 aliphatic rings. The van der Waals surface area contributed by atoms with Crippen LogP contribution in [-0.2, 0) is 17.9 Å². The Bertz CT molecular complexity index is 1250. The molecule has 0 aliphatic heterocycles. The molecule has 0 amide bonds. The van der Waals surface area contributed by atoms with Crippen LogP contribution in [0.4, 0.5) is 0 Å². The van der Waals surface area contributed by atoms with Crippen molar-refractivity contribution in [2.45, 2.75) is 27.0 Å². The molecule has 0 N–H and O–H groups in total. The van der Waals surface area contributed by atoms with E-state index in [9.17, 15) is 9.59 Å². The molecule has 0 saturated carbocycles. The van der Waals surface area contributed by atoms with Crippen molar-refractivity contribution in [3.8, 4) is 0 Å². The number of ether oxygens (including phenoxy) is 1. The molecular formula is C23H20N2O3. The number of benzene rings is 3. The van der Waals surface area contributed by atoms with Gasteiger partial charge in [-0.1, -0.05) is 42.5 Å². The van der Waals surface area contributed by atoms with E-state index >= 15 is 0 Å². The second-order valence-electron chi connectivity index (χ2n) is 6.66. The normalized spacial score (nSPS) is 11.1. The molecule has 1 heterocycles. The first kappa shape index (κ1) is 17.9. The minimum atomic E-state index is -0.413. The first-order chi connectivity index (χ1) is 13.6. The van der Waals surface area contributed by atoms with Crippen LogP contribution in [0.15, 0.2) is 65.5 Å². The Morgan fingerprint density at radius 1 is 1.07 bits per heavy atom. The van der Waals surface area contributed by atoms with Gasteiger partial charge in [0.15, 0.2) is 0 Å². The van der Waals surface area contributed by atoms with Crippen molar-refractivity contribution in [3.05, 3.63) is 87.8 Å². The molecule has 0 fully saturated rings. The van der Waals surface area contributed by atoms with Gasteiger partial charge in [-0.2, -0.15) is 0 Å². The Balaban J connectivity index is 1.62. The number of nitrogens with zero attached hydrogens (tertiary/aromatic N) is 2. The van der Waals surface area contributed by atoms with Crippen LogP contribution in [0.3, 0.4) is 0 Å². The van der Waals surface area contributed by atoms with Crippen molar-refractivity contribution in [1.82, 2.24) is 9.55 Å². The van der Waals surface area contributed by atoms with Gasteiger partial charge >= 0.3 is 5.97 Å². The average molecular weight is 372 g/mol. The van der Waals surface area contributed by atoms with Gasteiger partial charge in [0.2, 0.25) is 0 Å². The molecule has 3 aromatic carbocycles. The quantitative estimate of drug-likeness (QED) is 0.503. The fourth-order valence-corrected chi connectivity index (χ4v) is 3.46. The molecule has 5 heteroatoms. The SMILES string of the molecule is CCn1c(=O)c(C)nc2cc(C(=O)OCc3cccc4ccccc34)ccc21. The summed E-state index contributed by atoms with van der Waals surface area (Å²) in [4.78, 5) is 29.1. The number of aryl methyl sites for hydroxylation is 2. The van der Waals surface area contributed by atoms with Crippen LogP contribution in [0.25, 0.3) is 21.8 Å². The molecule has 0 spiro atoms. The van der Waals surface area contributed by atoms with Gasteiger partial charge in [0.25, 0.3) is 5.56 Å². The van der Waals surface area contributed by atoms with Gasteiger partial charge < -0.3 is 9.30 Å². The molecule has 5 nitrogen and oxygen atoms in total. The van der Waals surface area contributed by atoms with Gasteiger partial charge in [-0.15, -0.1) is 0 Å². The number of aromatic nitrogens is 2. The van der Waals surface area contributed by atoms with E-state index in [0.29, 0.717) is 28.8 Å². The van der Waals surface area contributed by atoms with Crippen molar-refractivity contribution in [1.29, 1.82) is 0 Å². The fourth-order valence-electron chi connectivity index (χ4n) is 3.46. The van der Waals surface area contributed by atoms with Gasteiger partial charge in [-0.05, 0) is 48.4 Å². The standard InChI is InChI=1S/C23H20N2O3/c1-3-25-21-12-11-17(13-20(21)24-15(2)22(25)26)23(27)28-14-18-9-6-8-16-7-4-5-10-19(16)18/h4-13H,3,14H2,1-2H3. The number of carbonyl (C=O) groups excluding carboxylic acids is 1. The summed E-state index contributed by atoms with van der Waals surface area (Å²) < 4.78 is 7.20. The predicted molar refractivity (Wildman–Crippen MR) is 109 cm³/mol. The summed E-state index contributed by atoms with van der Waals surface area (Å²) >= 11 is 0. The van der Waals surface area contributed by atoms with E-state index in [0.717, 1.165) is 16.3 Å². The van der Waals surface area contributed by atoms with E-state index in [4.69, 9.17) is 4.74 Å². The first-order valence-corrected chi connectivity index (χ1v) is 9.23. The third-order valence-corrected chi connectivity index (χ3v) is 4.90.